The predicted molar refractivity (Wildman–Crippen MR) is 91.2 cm³/mol. The zero-order chi connectivity index (χ0) is 16.2. The third-order valence-corrected chi connectivity index (χ3v) is 6.01. The van der Waals surface area contributed by atoms with E-state index >= 15 is 0 Å². The van der Waals surface area contributed by atoms with Gasteiger partial charge in [0.25, 0.3) is 10.2 Å². The smallest absolute Gasteiger partial charge is 0.279 e. The minimum atomic E-state index is -3.40. The van der Waals surface area contributed by atoms with Gasteiger partial charge in [0.05, 0.1) is 0 Å². The molecule has 1 fully saturated rings. The molecule has 1 aromatic rings. The molecule has 2 unspecified atom stereocenters. The molecule has 1 heterocycles. The Kier molecular flexibility index (Phi) is 5.83. The fourth-order valence-electron chi connectivity index (χ4n) is 2.99. The van der Waals surface area contributed by atoms with E-state index in [0.717, 1.165) is 24.9 Å². The number of nitrogens with zero attached hydrogens (tertiary/aromatic N) is 2. The molecule has 2 atom stereocenters. The quantitative estimate of drug-likeness (QED) is 0.872. The Bertz CT molecular complexity index is 562. The standard InChI is InChI=1S/C16H27N3O2S/c1-14(13-18(3)16-10-5-4-6-11-16)17-22(20,21)19-12-8-7-9-15(19)2/h4-6,10-11,14-15,17H,7-9,12-13H2,1-3H3. The number of anilines is 1. The van der Waals surface area contributed by atoms with Crippen LogP contribution in [0, 0.1) is 0 Å². The Hall–Kier alpha value is -1.11. The maximum Gasteiger partial charge on any atom is 0.279 e. The summed E-state index contributed by atoms with van der Waals surface area (Å²) in [7, 11) is -1.43. The molecule has 5 nitrogen and oxygen atoms in total. The minimum Gasteiger partial charge on any atom is -0.373 e. The molecule has 6 heteroatoms. The van der Waals surface area contributed by atoms with Crippen LogP contribution in [-0.4, -0.2) is 44.9 Å². The molecule has 0 radical (unpaired) electrons. The first kappa shape index (κ1) is 17.2. The molecule has 1 aliphatic heterocycles. The van der Waals surface area contributed by atoms with Gasteiger partial charge in [-0.2, -0.15) is 17.4 Å². The van der Waals surface area contributed by atoms with Crippen molar-refractivity contribution in [3.05, 3.63) is 30.3 Å². The normalized spacial score (nSPS) is 21.5. The van der Waals surface area contributed by atoms with Gasteiger partial charge in [0.15, 0.2) is 0 Å². The second-order valence-electron chi connectivity index (χ2n) is 6.20. The average molecular weight is 325 g/mol. The summed E-state index contributed by atoms with van der Waals surface area (Å²) in [5.41, 5.74) is 1.08. The lowest BCUT2D eigenvalue weighted by Crippen LogP contribution is -2.51. The van der Waals surface area contributed by atoms with Crippen molar-refractivity contribution in [2.24, 2.45) is 0 Å². The Morgan fingerprint density at radius 3 is 2.64 bits per heavy atom. The van der Waals surface area contributed by atoms with Gasteiger partial charge >= 0.3 is 0 Å². The summed E-state index contributed by atoms with van der Waals surface area (Å²) >= 11 is 0. The summed E-state index contributed by atoms with van der Waals surface area (Å²) < 4.78 is 29.5. The molecule has 0 amide bonds. The SMILES string of the molecule is CC(CN(C)c1ccccc1)NS(=O)(=O)N1CCCCC1C. The highest BCUT2D eigenvalue weighted by Gasteiger charge is 2.30. The zero-order valence-electron chi connectivity index (χ0n) is 13.7. The van der Waals surface area contributed by atoms with E-state index in [1.807, 2.05) is 51.2 Å². The number of rotatable bonds is 6. The van der Waals surface area contributed by atoms with Crippen molar-refractivity contribution in [1.82, 2.24) is 9.03 Å². The highest BCUT2D eigenvalue weighted by Crippen LogP contribution is 2.19. The zero-order valence-corrected chi connectivity index (χ0v) is 14.5. The first-order valence-electron chi connectivity index (χ1n) is 7.95. The molecule has 0 saturated carbocycles. The van der Waals surface area contributed by atoms with Crippen molar-refractivity contribution in [3.8, 4) is 0 Å². The van der Waals surface area contributed by atoms with Crippen molar-refractivity contribution >= 4 is 15.9 Å². The van der Waals surface area contributed by atoms with Gasteiger partial charge in [0, 0.05) is 37.9 Å². The number of para-hydroxylation sites is 1. The van der Waals surface area contributed by atoms with Crippen LogP contribution in [0.5, 0.6) is 0 Å². The number of likely N-dealkylation sites (N-methyl/N-ethyl adjacent to an activating group) is 1. The molecule has 1 aromatic carbocycles. The molecular weight excluding hydrogens is 298 g/mol. The summed E-state index contributed by atoms with van der Waals surface area (Å²) in [4.78, 5) is 2.06. The van der Waals surface area contributed by atoms with Crippen molar-refractivity contribution in [3.63, 3.8) is 0 Å². The largest absolute Gasteiger partial charge is 0.373 e. The first-order valence-corrected chi connectivity index (χ1v) is 9.39. The number of piperidine rings is 1. The van der Waals surface area contributed by atoms with Crippen LogP contribution in [0.3, 0.4) is 0 Å². The highest BCUT2D eigenvalue weighted by molar-refractivity contribution is 7.87. The van der Waals surface area contributed by atoms with E-state index in [2.05, 4.69) is 9.62 Å². The van der Waals surface area contributed by atoms with E-state index in [4.69, 9.17) is 0 Å². The van der Waals surface area contributed by atoms with Gasteiger partial charge in [0.2, 0.25) is 0 Å². The Morgan fingerprint density at radius 2 is 2.00 bits per heavy atom. The lowest BCUT2D eigenvalue weighted by molar-refractivity contribution is 0.264. The van der Waals surface area contributed by atoms with Gasteiger partial charge in [0.1, 0.15) is 0 Å². The molecule has 124 valence electrons. The Labute approximate surface area is 134 Å². The maximum absolute atomic E-state index is 12.5. The van der Waals surface area contributed by atoms with Crippen LogP contribution < -0.4 is 9.62 Å². The van der Waals surface area contributed by atoms with E-state index in [9.17, 15) is 8.42 Å². The van der Waals surface area contributed by atoms with Crippen LogP contribution in [-0.2, 0) is 10.2 Å². The van der Waals surface area contributed by atoms with Crippen LogP contribution in [0.4, 0.5) is 5.69 Å². The topological polar surface area (TPSA) is 52.7 Å². The molecule has 0 spiro atoms. The molecule has 0 bridgehead atoms. The third-order valence-electron chi connectivity index (χ3n) is 4.15. The summed E-state index contributed by atoms with van der Waals surface area (Å²) in [6, 6.07) is 9.92. The second-order valence-corrected chi connectivity index (χ2v) is 7.85. The van der Waals surface area contributed by atoms with Gasteiger partial charge in [-0.15, -0.1) is 0 Å². The molecule has 1 saturated heterocycles. The fraction of sp³-hybridized carbons (Fsp3) is 0.625. The van der Waals surface area contributed by atoms with Crippen molar-refractivity contribution in [1.29, 1.82) is 0 Å². The van der Waals surface area contributed by atoms with E-state index in [-0.39, 0.29) is 12.1 Å². The van der Waals surface area contributed by atoms with E-state index in [0.29, 0.717) is 13.1 Å². The van der Waals surface area contributed by atoms with Crippen LogP contribution in [0.1, 0.15) is 33.1 Å². The van der Waals surface area contributed by atoms with Crippen LogP contribution >= 0.6 is 0 Å². The second kappa shape index (κ2) is 7.44. The molecular formula is C16H27N3O2S. The van der Waals surface area contributed by atoms with Gasteiger partial charge in [-0.25, -0.2) is 0 Å². The number of hydrogen-bond donors (Lipinski definition) is 1. The summed E-state index contributed by atoms with van der Waals surface area (Å²) in [5, 5.41) is 0. The Balaban J connectivity index is 1.94. The Morgan fingerprint density at radius 1 is 1.32 bits per heavy atom. The van der Waals surface area contributed by atoms with E-state index in [1.54, 1.807) is 4.31 Å². The fourth-order valence-corrected chi connectivity index (χ4v) is 4.65. The molecule has 2 rings (SSSR count). The first-order chi connectivity index (χ1) is 10.4. The number of hydrogen-bond acceptors (Lipinski definition) is 3. The predicted octanol–water partition coefficient (Wildman–Crippen LogP) is 2.22. The molecule has 0 aromatic heterocycles. The summed E-state index contributed by atoms with van der Waals surface area (Å²) in [6.07, 6.45) is 3.00. The number of benzene rings is 1. The molecule has 1 aliphatic rings. The lowest BCUT2D eigenvalue weighted by Gasteiger charge is -2.34. The maximum atomic E-state index is 12.5. The van der Waals surface area contributed by atoms with Gasteiger partial charge < -0.3 is 4.90 Å². The van der Waals surface area contributed by atoms with Gasteiger partial charge in [-0.05, 0) is 38.8 Å². The molecule has 22 heavy (non-hydrogen) atoms. The highest BCUT2D eigenvalue weighted by atomic mass is 32.2. The van der Waals surface area contributed by atoms with Crippen molar-refractivity contribution in [2.75, 3.05) is 25.0 Å². The monoisotopic (exact) mass is 325 g/mol. The van der Waals surface area contributed by atoms with Crippen LogP contribution in [0.25, 0.3) is 0 Å². The van der Waals surface area contributed by atoms with Crippen molar-refractivity contribution in [2.45, 2.75) is 45.2 Å². The summed E-state index contributed by atoms with van der Waals surface area (Å²) in [5.74, 6) is 0. The van der Waals surface area contributed by atoms with Gasteiger partial charge in [-0.3, -0.25) is 0 Å². The van der Waals surface area contributed by atoms with Crippen LogP contribution in [0.2, 0.25) is 0 Å². The number of nitrogens with one attached hydrogen (secondary N) is 1. The van der Waals surface area contributed by atoms with E-state index < -0.39 is 10.2 Å². The third kappa shape index (κ3) is 4.44. The van der Waals surface area contributed by atoms with Gasteiger partial charge in [-0.1, -0.05) is 24.6 Å². The molecule has 1 N–H and O–H groups in total. The molecule has 0 aliphatic carbocycles. The van der Waals surface area contributed by atoms with Crippen LogP contribution in [0.15, 0.2) is 30.3 Å². The minimum absolute atomic E-state index is 0.0882. The lowest BCUT2D eigenvalue weighted by atomic mass is 10.1. The van der Waals surface area contributed by atoms with E-state index in [1.165, 1.54) is 0 Å². The van der Waals surface area contributed by atoms with Crippen molar-refractivity contribution < 1.29 is 8.42 Å². The average Bonchev–Trinajstić information content (AvgIpc) is 2.47. The summed E-state index contributed by atoms with van der Waals surface area (Å²) in [6.45, 7) is 5.15.